The van der Waals surface area contributed by atoms with Crippen LogP contribution < -0.4 is 5.32 Å². The van der Waals surface area contributed by atoms with Crippen molar-refractivity contribution in [3.05, 3.63) is 35.4 Å². The summed E-state index contributed by atoms with van der Waals surface area (Å²) in [5, 5.41) is 12.3. The van der Waals surface area contributed by atoms with Crippen molar-refractivity contribution in [3.63, 3.8) is 0 Å². The van der Waals surface area contributed by atoms with Gasteiger partial charge in [0, 0.05) is 12.6 Å². The fraction of sp³-hybridized carbons (Fsp3) is 0.643. The summed E-state index contributed by atoms with van der Waals surface area (Å²) in [6, 6.07) is 4.36. The lowest BCUT2D eigenvalue weighted by Crippen LogP contribution is -2.57. The molecule has 9 nitrogen and oxygen atoms in total. The number of nitrogens with one attached hydrogen (secondary N) is 1. The number of benzene rings is 1. The summed E-state index contributed by atoms with van der Waals surface area (Å²) in [4.78, 5) is 45.1. The first-order valence-corrected chi connectivity index (χ1v) is 13.7. The molecule has 3 saturated heterocycles. The van der Waals surface area contributed by atoms with E-state index < -0.39 is 47.6 Å². The van der Waals surface area contributed by atoms with Crippen molar-refractivity contribution in [2.75, 3.05) is 6.54 Å². The topological polar surface area (TPSA) is 106 Å². The minimum absolute atomic E-state index is 0.0202. The number of carbonyl (C=O) groups is 3. The minimum Gasteiger partial charge on any atom is -0.444 e. The molecule has 3 unspecified atom stereocenters. The summed E-state index contributed by atoms with van der Waals surface area (Å²) >= 11 is 0. The van der Waals surface area contributed by atoms with Gasteiger partial charge in [0.2, 0.25) is 11.8 Å². The Balaban J connectivity index is 1.36. The number of halogens is 3. The molecule has 40 heavy (non-hydrogen) atoms. The van der Waals surface area contributed by atoms with Crippen molar-refractivity contribution < 1.29 is 32.3 Å². The van der Waals surface area contributed by atoms with E-state index in [1.54, 1.807) is 37.5 Å². The number of likely N-dealkylation sites (tertiary alicyclic amines) is 2. The highest BCUT2D eigenvalue weighted by atomic mass is 19.4. The molecule has 4 fully saturated rings. The number of carbonyl (C=O) groups excluding carboxylic acids is 3. The molecule has 3 heterocycles. The third-order valence-corrected chi connectivity index (χ3v) is 8.37. The number of piperidine rings is 2. The van der Waals surface area contributed by atoms with Gasteiger partial charge in [-0.05, 0) is 77.0 Å². The standard InChI is InChI=1S/C28H34F3N5O4/c1-15(16-5-7-18(8-6-16)28(29,30)31)35-23-10-9-21(25(35)38)34(23)14-20(33-26(39)40-27(2,3)4)24(37)36-19(13-32)11-17-12-22(17)36/h5-8,15,17,19-23H,9-12,14H2,1-4H3,(H,33,39)/t15-,17?,19-,20-,21?,22+,23?/m0/s1. The average Bonchev–Trinajstić information content (AvgIpc) is 3.23. The van der Waals surface area contributed by atoms with Crippen molar-refractivity contribution in [2.24, 2.45) is 5.92 Å². The van der Waals surface area contributed by atoms with Crippen molar-refractivity contribution in [1.29, 1.82) is 5.26 Å². The number of ether oxygens (including phenoxy) is 1. The Hall–Kier alpha value is -3.33. The Morgan fingerprint density at radius 1 is 1.15 bits per heavy atom. The molecule has 5 rings (SSSR count). The first-order valence-electron chi connectivity index (χ1n) is 13.7. The van der Waals surface area contributed by atoms with Crippen LogP contribution in [-0.4, -0.2) is 75.1 Å². The van der Waals surface area contributed by atoms with Crippen LogP contribution in [0.2, 0.25) is 0 Å². The van der Waals surface area contributed by atoms with E-state index in [4.69, 9.17) is 4.74 Å². The molecule has 1 saturated carbocycles. The maximum Gasteiger partial charge on any atom is 0.416 e. The zero-order valence-electron chi connectivity index (χ0n) is 22.9. The van der Waals surface area contributed by atoms with Crippen LogP contribution in [0.3, 0.4) is 0 Å². The van der Waals surface area contributed by atoms with Crippen LogP contribution in [0.25, 0.3) is 0 Å². The number of rotatable bonds is 6. The van der Waals surface area contributed by atoms with E-state index >= 15 is 0 Å². The van der Waals surface area contributed by atoms with E-state index in [1.165, 1.54) is 12.1 Å². The zero-order chi connectivity index (χ0) is 29.1. The molecule has 1 aliphatic carbocycles. The van der Waals surface area contributed by atoms with Gasteiger partial charge in [0.1, 0.15) is 17.7 Å². The number of nitriles is 1. The number of alkyl carbamates (subject to hydrolysis) is 1. The van der Waals surface area contributed by atoms with Gasteiger partial charge in [-0.2, -0.15) is 18.4 Å². The van der Waals surface area contributed by atoms with Gasteiger partial charge in [0.15, 0.2) is 0 Å². The van der Waals surface area contributed by atoms with Gasteiger partial charge in [0.25, 0.3) is 0 Å². The molecular weight excluding hydrogens is 527 g/mol. The van der Waals surface area contributed by atoms with Gasteiger partial charge < -0.3 is 19.9 Å². The van der Waals surface area contributed by atoms with Crippen molar-refractivity contribution >= 4 is 17.9 Å². The third-order valence-electron chi connectivity index (χ3n) is 8.37. The highest BCUT2D eigenvalue weighted by Gasteiger charge is 2.57. The van der Waals surface area contributed by atoms with Crippen molar-refractivity contribution in [3.8, 4) is 6.07 Å². The molecule has 1 aromatic carbocycles. The lowest BCUT2D eigenvalue weighted by molar-refractivity contribution is -0.138. The molecule has 3 aliphatic heterocycles. The second-order valence-corrected chi connectivity index (χ2v) is 12.2. The Labute approximate surface area is 231 Å². The molecule has 12 heteroatoms. The number of fused-ring (bicyclic) bond motifs is 3. The van der Waals surface area contributed by atoms with Crippen LogP contribution in [-0.2, 0) is 20.5 Å². The smallest absolute Gasteiger partial charge is 0.416 e. The fourth-order valence-electron chi connectivity index (χ4n) is 6.45. The number of hydrogen-bond donors (Lipinski definition) is 1. The highest BCUT2D eigenvalue weighted by molar-refractivity contribution is 5.89. The molecule has 0 aromatic heterocycles. The van der Waals surface area contributed by atoms with Crippen LogP contribution in [0.5, 0.6) is 0 Å². The Bertz CT molecular complexity index is 1220. The van der Waals surface area contributed by atoms with Crippen LogP contribution in [0, 0.1) is 17.2 Å². The van der Waals surface area contributed by atoms with Gasteiger partial charge >= 0.3 is 12.3 Å². The van der Waals surface area contributed by atoms with Gasteiger partial charge in [-0.15, -0.1) is 0 Å². The first-order chi connectivity index (χ1) is 18.7. The van der Waals surface area contributed by atoms with Crippen LogP contribution in [0.1, 0.15) is 70.5 Å². The average molecular weight is 562 g/mol. The second kappa shape index (κ2) is 9.94. The predicted octanol–water partition coefficient (Wildman–Crippen LogP) is 3.81. The Morgan fingerprint density at radius 3 is 2.42 bits per heavy atom. The van der Waals surface area contributed by atoms with Gasteiger partial charge in [-0.25, -0.2) is 4.79 Å². The van der Waals surface area contributed by atoms with Gasteiger partial charge in [-0.3, -0.25) is 14.5 Å². The molecule has 1 aromatic rings. The molecule has 216 valence electrons. The lowest BCUT2D eigenvalue weighted by Gasteiger charge is -2.35. The summed E-state index contributed by atoms with van der Waals surface area (Å²) in [6.07, 6.45) is -2.97. The zero-order valence-corrected chi connectivity index (χ0v) is 22.9. The molecule has 1 N–H and O–H groups in total. The van der Waals surface area contributed by atoms with Gasteiger partial charge in [0.05, 0.1) is 29.9 Å². The van der Waals surface area contributed by atoms with Gasteiger partial charge in [-0.1, -0.05) is 12.1 Å². The van der Waals surface area contributed by atoms with Crippen molar-refractivity contribution in [1.82, 2.24) is 20.0 Å². The number of hydrogen-bond acceptors (Lipinski definition) is 6. The van der Waals surface area contributed by atoms with Crippen molar-refractivity contribution in [2.45, 2.75) is 102 Å². The molecule has 3 amide bonds. The lowest BCUT2D eigenvalue weighted by atomic mass is 10.0. The van der Waals surface area contributed by atoms with E-state index in [0.29, 0.717) is 30.7 Å². The van der Waals surface area contributed by atoms with E-state index in [0.717, 1.165) is 18.6 Å². The summed E-state index contributed by atoms with van der Waals surface area (Å²) in [5.41, 5.74) is -0.981. The number of alkyl halides is 3. The molecular formula is C28H34F3N5O4. The maximum atomic E-state index is 13.8. The largest absolute Gasteiger partial charge is 0.444 e. The SMILES string of the molecule is C[C@@H](c1ccc(C(F)(F)F)cc1)N1C(=O)C2CCC1N2C[C@H](NC(=O)OC(C)(C)C)C(=O)N1[C@H](C#N)CC2C[C@H]21. The normalized spacial score (nSPS) is 29.1. The molecule has 4 aliphatic rings. The Morgan fingerprint density at radius 2 is 1.82 bits per heavy atom. The summed E-state index contributed by atoms with van der Waals surface area (Å²) in [5.74, 6) is -0.241. The monoisotopic (exact) mass is 561 g/mol. The molecule has 0 spiro atoms. The molecule has 2 bridgehead atoms. The highest BCUT2D eigenvalue weighted by Crippen LogP contribution is 2.48. The Kier molecular flexibility index (Phi) is 7.01. The van der Waals surface area contributed by atoms with E-state index in [1.807, 2.05) is 4.90 Å². The molecule has 0 radical (unpaired) electrons. The third kappa shape index (κ3) is 5.23. The number of nitrogens with zero attached hydrogens (tertiary/aromatic N) is 4. The van der Waals surface area contributed by atoms with E-state index in [-0.39, 0.29) is 30.6 Å². The minimum atomic E-state index is -4.45. The first kappa shape index (κ1) is 28.2. The fourth-order valence-corrected chi connectivity index (χ4v) is 6.45. The van der Waals surface area contributed by atoms with E-state index in [9.17, 15) is 32.8 Å². The van der Waals surface area contributed by atoms with Crippen LogP contribution in [0.4, 0.5) is 18.0 Å². The summed E-state index contributed by atoms with van der Waals surface area (Å²) in [7, 11) is 0. The summed E-state index contributed by atoms with van der Waals surface area (Å²) < 4.78 is 44.6. The number of amides is 3. The van der Waals surface area contributed by atoms with Crippen LogP contribution >= 0.6 is 0 Å². The second-order valence-electron chi connectivity index (χ2n) is 12.2. The maximum absolute atomic E-state index is 13.8. The summed E-state index contributed by atoms with van der Waals surface area (Å²) in [6.45, 7) is 6.95. The van der Waals surface area contributed by atoms with E-state index in [2.05, 4.69) is 11.4 Å². The predicted molar refractivity (Wildman–Crippen MR) is 136 cm³/mol. The quantitative estimate of drug-likeness (QED) is 0.567. The van der Waals surface area contributed by atoms with Crippen LogP contribution in [0.15, 0.2) is 24.3 Å². The molecule has 7 atom stereocenters.